The van der Waals surface area contributed by atoms with Crippen LogP contribution in [0.15, 0.2) is 42.5 Å². The molecule has 2 aromatic carbocycles. The Bertz CT molecular complexity index is 873. The van der Waals surface area contributed by atoms with E-state index < -0.39 is 24.4 Å². The molecule has 0 fully saturated rings. The largest absolute Gasteiger partial charge is 0.493 e. The van der Waals surface area contributed by atoms with Gasteiger partial charge in [-0.3, -0.25) is 14.4 Å². The Morgan fingerprint density at radius 3 is 2.20 bits per heavy atom. The monoisotopic (exact) mass is 412 g/mol. The van der Waals surface area contributed by atoms with Crippen LogP contribution in [-0.2, 0) is 27.2 Å². The van der Waals surface area contributed by atoms with Gasteiger partial charge in [0, 0.05) is 5.69 Å². The zero-order chi connectivity index (χ0) is 21.9. The zero-order valence-corrected chi connectivity index (χ0v) is 17.6. The first kappa shape index (κ1) is 22.9. The van der Waals surface area contributed by atoms with Gasteiger partial charge in [-0.1, -0.05) is 44.2 Å². The molecule has 0 spiro atoms. The number of benzene rings is 2. The number of hydrogen-bond donors (Lipinski definition) is 2. The average molecular weight is 412 g/mol. The van der Waals surface area contributed by atoms with Gasteiger partial charge in [0.15, 0.2) is 6.61 Å². The van der Waals surface area contributed by atoms with Crippen molar-refractivity contribution in [2.45, 2.75) is 33.6 Å². The third-order valence-electron chi connectivity index (χ3n) is 4.45. The lowest BCUT2D eigenvalue weighted by Gasteiger charge is -2.14. The van der Waals surface area contributed by atoms with E-state index in [4.69, 9.17) is 9.47 Å². The summed E-state index contributed by atoms with van der Waals surface area (Å²) in [5.41, 5.74) is 3.14. The van der Waals surface area contributed by atoms with E-state index in [1.807, 2.05) is 39.0 Å². The Morgan fingerprint density at radius 1 is 0.900 bits per heavy atom. The number of carbonyl (C=O) groups excluding carboxylic acids is 3. The summed E-state index contributed by atoms with van der Waals surface area (Å²) in [4.78, 5) is 36.5. The predicted octanol–water partition coefficient (Wildman–Crippen LogP) is 3.12. The van der Waals surface area contributed by atoms with Gasteiger partial charge in [-0.2, -0.15) is 0 Å². The molecule has 0 atom stereocenters. The van der Waals surface area contributed by atoms with Crippen LogP contribution in [0.3, 0.4) is 0 Å². The second-order valence-corrected chi connectivity index (χ2v) is 6.48. The molecule has 160 valence electrons. The van der Waals surface area contributed by atoms with Gasteiger partial charge in [0.05, 0.1) is 12.2 Å². The van der Waals surface area contributed by atoms with Crippen molar-refractivity contribution >= 4 is 23.5 Å². The third kappa shape index (κ3) is 6.34. The molecule has 2 rings (SSSR count). The van der Waals surface area contributed by atoms with E-state index >= 15 is 0 Å². The molecule has 30 heavy (non-hydrogen) atoms. The van der Waals surface area contributed by atoms with E-state index in [2.05, 4.69) is 10.6 Å². The number of carbonyl (C=O) groups is 3. The van der Waals surface area contributed by atoms with Crippen LogP contribution in [0, 0.1) is 0 Å². The van der Waals surface area contributed by atoms with Gasteiger partial charge in [-0.25, -0.2) is 0 Å². The Hall–Kier alpha value is -3.35. The molecule has 0 saturated heterocycles. The minimum atomic E-state index is -0.702. The van der Waals surface area contributed by atoms with Crippen LogP contribution in [-0.4, -0.2) is 37.5 Å². The summed E-state index contributed by atoms with van der Waals surface area (Å²) < 4.78 is 10.4. The SMILES string of the molecule is CCOc1ccccc1C(=O)NCC(=O)OCC(=O)Nc1c(CC)cccc1CC. The van der Waals surface area contributed by atoms with Gasteiger partial charge in [-0.15, -0.1) is 0 Å². The third-order valence-corrected chi connectivity index (χ3v) is 4.45. The van der Waals surface area contributed by atoms with Crippen molar-refractivity contribution in [1.29, 1.82) is 0 Å². The Labute approximate surface area is 176 Å². The van der Waals surface area contributed by atoms with Gasteiger partial charge < -0.3 is 20.1 Å². The number of hydrogen-bond acceptors (Lipinski definition) is 5. The summed E-state index contributed by atoms with van der Waals surface area (Å²) in [6, 6.07) is 12.6. The first-order chi connectivity index (χ1) is 14.5. The van der Waals surface area contributed by atoms with Crippen LogP contribution in [0.25, 0.3) is 0 Å². The van der Waals surface area contributed by atoms with Crippen molar-refractivity contribution in [3.8, 4) is 5.75 Å². The summed E-state index contributed by atoms with van der Waals surface area (Å²) in [6.07, 6.45) is 1.55. The molecule has 2 aromatic rings. The summed E-state index contributed by atoms with van der Waals surface area (Å²) in [5.74, 6) is -1.14. The van der Waals surface area contributed by atoms with Gasteiger partial charge in [0.25, 0.3) is 11.8 Å². The van der Waals surface area contributed by atoms with Crippen molar-refractivity contribution in [3.63, 3.8) is 0 Å². The van der Waals surface area contributed by atoms with Crippen molar-refractivity contribution in [1.82, 2.24) is 5.32 Å². The summed E-state index contributed by atoms with van der Waals surface area (Å²) in [6.45, 7) is 5.49. The fraction of sp³-hybridized carbons (Fsp3) is 0.348. The molecule has 0 aromatic heterocycles. The maximum atomic E-state index is 12.3. The topological polar surface area (TPSA) is 93.7 Å². The van der Waals surface area contributed by atoms with Crippen LogP contribution in [0.1, 0.15) is 42.3 Å². The molecule has 0 saturated carbocycles. The zero-order valence-electron chi connectivity index (χ0n) is 17.6. The number of rotatable bonds is 10. The maximum absolute atomic E-state index is 12.3. The van der Waals surface area contributed by atoms with E-state index in [1.165, 1.54) is 0 Å². The summed E-state index contributed by atoms with van der Waals surface area (Å²) >= 11 is 0. The molecule has 0 aliphatic rings. The van der Waals surface area contributed by atoms with E-state index in [0.29, 0.717) is 17.9 Å². The molecule has 7 nitrogen and oxygen atoms in total. The van der Waals surface area contributed by atoms with Crippen molar-refractivity contribution in [2.24, 2.45) is 0 Å². The van der Waals surface area contributed by atoms with Crippen LogP contribution < -0.4 is 15.4 Å². The standard InChI is InChI=1S/C23H28N2O5/c1-4-16-10-9-11-17(5-2)22(16)25-20(26)15-30-21(27)14-24-23(28)18-12-7-8-13-19(18)29-6-3/h7-13H,4-6,14-15H2,1-3H3,(H,24,28)(H,25,26). The van der Waals surface area contributed by atoms with Crippen LogP contribution in [0.2, 0.25) is 0 Å². The summed E-state index contributed by atoms with van der Waals surface area (Å²) in [5, 5.41) is 5.31. The highest BCUT2D eigenvalue weighted by Crippen LogP contribution is 2.22. The van der Waals surface area contributed by atoms with E-state index in [-0.39, 0.29) is 6.54 Å². The van der Waals surface area contributed by atoms with E-state index in [1.54, 1.807) is 24.3 Å². The lowest BCUT2D eigenvalue weighted by molar-refractivity contribution is -0.146. The quantitative estimate of drug-likeness (QED) is 0.585. The molecule has 2 N–H and O–H groups in total. The molecule has 0 aliphatic carbocycles. The number of anilines is 1. The number of esters is 1. The Kier molecular flexibility index (Phi) is 8.87. The van der Waals surface area contributed by atoms with E-state index in [0.717, 1.165) is 29.7 Å². The van der Waals surface area contributed by atoms with Crippen LogP contribution >= 0.6 is 0 Å². The fourth-order valence-electron chi connectivity index (χ4n) is 2.96. The van der Waals surface area contributed by atoms with Crippen molar-refractivity contribution < 1.29 is 23.9 Å². The molecular formula is C23H28N2O5. The molecular weight excluding hydrogens is 384 g/mol. The van der Waals surface area contributed by atoms with Crippen LogP contribution in [0.4, 0.5) is 5.69 Å². The van der Waals surface area contributed by atoms with Gasteiger partial charge >= 0.3 is 5.97 Å². The fourth-order valence-corrected chi connectivity index (χ4v) is 2.96. The van der Waals surface area contributed by atoms with E-state index in [9.17, 15) is 14.4 Å². The van der Waals surface area contributed by atoms with Gasteiger partial charge in [0.2, 0.25) is 0 Å². The minimum absolute atomic E-state index is 0.327. The molecule has 2 amide bonds. The van der Waals surface area contributed by atoms with Crippen molar-refractivity contribution in [3.05, 3.63) is 59.2 Å². The van der Waals surface area contributed by atoms with Gasteiger partial charge in [-0.05, 0) is 43.0 Å². The first-order valence-electron chi connectivity index (χ1n) is 10.1. The maximum Gasteiger partial charge on any atom is 0.325 e. The second-order valence-electron chi connectivity index (χ2n) is 6.48. The molecule has 0 unspecified atom stereocenters. The smallest absolute Gasteiger partial charge is 0.325 e. The number of amides is 2. The number of ether oxygens (including phenoxy) is 2. The highest BCUT2D eigenvalue weighted by molar-refractivity contribution is 5.98. The molecule has 0 bridgehead atoms. The molecule has 0 aliphatic heterocycles. The highest BCUT2D eigenvalue weighted by atomic mass is 16.5. The molecule has 0 heterocycles. The lowest BCUT2D eigenvalue weighted by atomic mass is 10.0. The van der Waals surface area contributed by atoms with Gasteiger partial charge in [0.1, 0.15) is 12.3 Å². The second kappa shape index (κ2) is 11.6. The van der Waals surface area contributed by atoms with Crippen molar-refractivity contribution in [2.75, 3.05) is 25.1 Å². The molecule has 0 radical (unpaired) electrons. The highest BCUT2D eigenvalue weighted by Gasteiger charge is 2.15. The minimum Gasteiger partial charge on any atom is -0.493 e. The van der Waals surface area contributed by atoms with Crippen LogP contribution in [0.5, 0.6) is 5.75 Å². The Balaban J connectivity index is 1.85. The first-order valence-corrected chi connectivity index (χ1v) is 10.1. The Morgan fingerprint density at radius 2 is 1.57 bits per heavy atom. The lowest BCUT2D eigenvalue weighted by Crippen LogP contribution is -2.32. The molecule has 7 heteroatoms. The number of aryl methyl sites for hydroxylation is 2. The number of para-hydroxylation sites is 2. The number of nitrogens with one attached hydrogen (secondary N) is 2. The normalized spacial score (nSPS) is 10.2. The predicted molar refractivity (Wildman–Crippen MR) is 115 cm³/mol. The average Bonchev–Trinajstić information content (AvgIpc) is 2.76. The summed E-state index contributed by atoms with van der Waals surface area (Å²) in [7, 11) is 0.